The summed E-state index contributed by atoms with van der Waals surface area (Å²) in [4.78, 5) is 0. The van der Waals surface area contributed by atoms with Crippen LogP contribution in [-0.4, -0.2) is 7.11 Å². The van der Waals surface area contributed by atoms with Crippen LogP contribution in [0.4, 0.5) is 4.39 Å². The molecule has 0 saturated carbocycles. The fourth-order valence-corrected chi connectivity index (χ4v) is 3.12. The molecule has 0 bridgehead atoms. The van der Waals surface area contributed by atoms with Gasteiger partial charge in [0, 0.05) is 5.56 Å². The van der Waals surface area contributed by atoms with E-state index in [1.807, 2.05) is 19.1 Å². The first kappa shape index (κ1) is 13.1. The van der Waals surface area contributed by atoms with E-state index in [0.717, 1.165) is 40.8 Å². The third-order valence-electron chi connectivity index (χ3n) is 4.17. The van der Waals surface area contributed by atoms with Crippen LogP contribution < -0.4 is 10.5 Å². The molecule has 0 radical (unpaired) electrons. The lowest BCUT2D eigenvalue weighted by atomic mass is 9.84. The predicted octanol–water partition coefficient (Wildman–Crippen LogP) is 3.29. The van der Waals surface area contributed by atoms with Gasteiger partial charge >= 0.3 is 0 Å². The molecule has 1 atom stereocenters. The molecule has 0 aliphatic heterocycles. The van der Waals surface area contributed by atoms with Gasteiger partial charge in [0.05, 0.1) is 12.6 Å². The zero-order valence-corrected chi connectivity index (χ0v) is 11.7. The molecule has 2 aromatic carbocycles. The van der Waals surface area contributed by atoms with Crippen molar-refractivity contribution in [2.24, 2.45) is 5.73 Å². The van der Waals surface area contributed by atoms with Gasteiger partial charge in [0.25, 0.3) is 0 Å². The van der Waals surface area contributed by atoms with Gasteiger partial charge in [-0.25, -0.2) is 4.39 Å². The molecule has 0 amide bonds. The molecule has 3 heteroatoms. The van der Waals surface area contributed by atoms with Gasteiger partial charge in [-0.05, 0) is 49.1 Å². The number of aryl methyl sites for hydroxylation is 2. The molecule has 1 aliphatic rings. The van der Waals surface area contributed by atoms with Gasteiger partial charge in [-0.2, -0.15) is 0 Å². The highest BCUT2D eigenvalue weighted by molar-refractivity contribution is 5.52. The second-order valence-corrected chi connectivity index (χ2v) is 5.48. The summed E-state index contributed by atoms with van der Waals surface area (Å²) in [6.07, 6.45) is 1.56. The fourth-order valence-electron chi connectivity index (χ4n) is 3.12. The number of halogens is 1. The van der Waals surface area contributed by atoms with Gasteiger partial charge in [0.1, 0.15) is 11.6 Å². The second kappa shape index (κ2) is 4.60. The highest BCUT2D eigenvalue weighted by Crippen LogP contribution is 2.43. The second-order valence-electron chi connectivity index (χ2n) is 5.48. The average Bonchev–Trinajstić information content (AvgIpc) is 2.77. The first-order chi connectivity index (χ1) is 9.54. The van der Waals surface area contributed by atoms with Crippen LogP contribution in [0, 0.1) is 12.7 Å². The maximum Gasteiger partial charge on any atom is 0.124 e. The quantitative estimate of drug-likeness (QED) is 0.909. The minimum Gasteiger partial charge on any atom is -0.496 e. The Labute approximate surface area is 118 Å². The minimum absolute atomic E-state index is 0.204. The first-order valence-corrected chi connectivity index (χ1v) is 6.77. The van der Waals surface area contributed by atoms with Gasteiger partial charge in [-0.15, -0.1) is 0 Å². The van der Waals surface area contributed by atoms with Crippen LogP contribution in [0.15, 0.2) is 36.4 Å². The maximum absolute atomic E-state index is 13.4. The smallest absolute Gasteiger partial charge is 0.124 e. The molecule has 3 rings (SSSR count). The van der Waals surface area contributed by atoms with Gasteiger partial charge in [0.2, 0.25) is 0 Å². The third kappa shape index (κ3) is 1.90. The molecule has 2 N–H and O–H groups in total. The monoisotopic (exact) mass is 271 g/mol. The Balaban J connectivity index is 2.19. The van der Waals surface area contributed by atoms with Gasteiger partial charge in [-0.1, -0.05) is 23.8 Å². The summed E-state index contributed by atoms with van der Waals surface area (Å²) in [5.41, 5.74) is 10.2. The van der Waals surface area contributed by atoms with Crippen molar-refractivity contribution in [3.8, 4) is 5.75 Å². The zero-order chi connectivity index (χ0) is 14.3. The lowest BCUT2D eigenvalue weighted by Crippen LogP contribution is -2.36. The number of rotatable bonds is 2. The summed E-state index contributed by atoms with van der Waals surface area (Å²) < 4.78 is 18.8. The lowest BCUT2D eigenvalue weighted by molar-refractivity contribution is 0.393. The third-order valence-corrected chi connectivity index (χ3v) is 4.17. The highest BCUT2D eigenvalue weighted by atomic mass is 19.1. The van der Waals surface area contributed by atoms with Crippen molar-refractivity contribution in [3.05, 3.63) is 64.5 Å². The molecule has 0 saturated heterocycles. The molecule has 20 heavy (non-hydrogen) atoms. The lowest BCUT2D eigenvalue weighted by Gasteiger charge is -2.28. The van der Waals surface area contributed by atoms with Crippen LogP contribution in [0.3, 0.4) is 0 Å². The number of nitrogens with two attached hydrogens (primary N) is 1. The number of hydrogen-bond acceptors (Lipinski definition) is 2. The summed E-state index contributed by atoms with van der Waals surface area (Å²) >= 11 is 0. The fraction of sp³-hybridized carbons (Fsp3) is 0.294. The van der Waals surface area contributed by atoms with E-state index in [2.05, 4.69) is 6.07 Å². The largest absolute Gasteiger partial charge is 0.496 e. The summed E-state index contributed by atoms with van der Waals surface area (Å²) in [6.45, 7) is 2.03. The molecule has 2 aromatic rings. The van der Waals surface area contributed by atoms with Crippen molar-refractivity contribution in [1.29, 1.82) is 0 Å². The topological polar surface area (TPSA) is 35.2 Å². The number of ether oxygens (including phenoxy) is 1. The van der Waals surface area contributed by atoms with Crippen molar-refractivity contribution in [3.63, 3.8) is 0 Å². The summed E-state index contributed by atoms with van der Waals surface area (Å²) in [7, 11) is 1.65. The molecular weight excluding hydrogens is 253 g/mol. The molecule has 0 fully saturated rings. The zero-order valence-electron chi connectivity index (χ0n) is 11.7. The molecule has 0 aromatic heterocycles. The van der Waals surface area contributed by atoms with Crippen molar-refractivity contribution in [2.75, 3.05) is 7.11 Å². The molecule has 1 unspecified atom stereocenters. The SMILES string of the molecule is COc1ccc(C)cc1C1(N)CCc2cc(F)ccc21. The van der Waals surface area contributed by atoms with Crippen LogP contribution >= 0.6 is 0 Å². The Bertz CT molecular complexity index is 668. The molecule has 0 heterocycles. The normalized spacial score (nSPS) is 20.8. The Morgan fingerprint density at radius 2 is 1.95 bits per heavy atom. The summed E-state index contributed by atoms with van der Waals surface area (Å²) in [6, 6.07) is 10.9. The van der Waals surface area contributed by atoms with Crippen LogP contribution in [0.5, 0.6) is 5.75 Å². The highest BCUT2D eigenvalue weighted by Gasteiger charge is 2.38. The number of fused-ring (bicyclic) bond motifs is 1. The van der Waals surface area contributed by atoms with E-state index in [-0.39, 0.29) is 5.82 Å². The van der Waals surface area contributed by atoms with E-state index in [0.29, 0.717) is 0 Å². The van der Waals surface area contributed by atoms with E-state index in [1.54, 1.807) is 19.2 Å². The van der Waals surface area contributed by atoms with Crippen molar-refractivity contribution < 1.29 is 9.13 Å². The molecular formula is C17H18FNO. The van der Waals surface area contributed by atoms with Gasteiger partial charge in [0.15, 0.2) is 0 Å². The minimum atomic E-state index is -0.597. The number of methoxy groups -OCH3 is 1. The van der Waals surface area contributed by atoms with E-state index in [9.17, 15) is 4.39 Å². The van der Waals surface area contributed by atoms with Gasteiger partial charge < -0.3 is 10.5 Å². The van der Waals surface area contributed by atoms with Crippen LogP contribution in [0.25, 0.3) is 0 Å². The average molecular weight is 271 g/mol. The predicted molar refractivity (Wildman–Crippen MR) is 77.4 cm³/mol. The van der Waals surface area contributed by atoms with E-state index < -0.39 is 5.54 Å². The molecule has 2 nitrogen and oxygen atoms in total. The van der Waals surface area contributed by atoms with Crippen LogP contribution in [-0.2, 0) is 12.0 Å². The number of benzene rings is 2. The van der Waals surface area contributed by atoms with E-state index in [1.165, 1.54) is 6.07 Å². The first-order valence-electron chi connectivity index (χ1n) is 6.77. The van der Waals surface area contributed by atoms with E-state index >= 15 is 0 Å². The molecule has 104 valence electrons. The Morgan fingerprint density at radius 1 is 1.15 bits per heavy atom. The summed E-state index contributed by atoms with van der Waals surface area (Å²) in [5, 5.41) is 0. The standard InChI is InChI=1S/C17H18FNO/c1-11-3-6-16(20-2)15(9-11)17(19)8-7-12-10-13(18)4-5-14(12)17/h3-6,9-10H,7-8,19H2,1-2H3. The maximum atomic E-state index is 13.4. The van der Waals surface area contributed by atoms with Crippen molar-refractivity contribution in [2.45, 2.75) is 25.3 Å². The Kier molecular flexibility index (Phi) is 3.02. The molecule has 0 spiro atoms. The van der Waals surface area contributed by atoms with Crippen LogP contribution in [0.1, 0.15) is 28.7 Å². The Morgan fingerprint density at radius 3 is 2.70 bits per heavy atom. The molecule has 1 aliphatic carbocycles. The van der Waals surface area contributed by atoms with E-state index in [4.69, 9.17) is 10.5 Å². The van der Waals surface area contributed by atoms with Crippen molar-refractivity contribution in [1.82, 2.24) is 0 Å². The summed E-state index contributed by atoms with van der Waals surface area (Å²) in [5.74, 6) is 0.583. The van der Waals surface area contributed by atoms with Crippen molar-refractivity contribution >= 4 is 0 Å². The number of hydrogen-bond donors (Lipinski definition) is 1. The van der Waals surface area contributed by atoms with Crippen LogP contribution in [0.2, 0.25) is 0 Å². The Hall–Kier alpha value is -1.87. The van der Waals surface area contributed by atoms with Gasteiger partial charge in [-0.3, -0.25) is 0 Å².